The second-order valence-electron chi connectivity index (χ2n) is 30.1. The van der Waals surface area contributed by atoms with Crippen LogP contribution in [-0.4, -0.2) is 96.7 Å². The van der Waals surface area contributed by atoms with Gasteiger partial charge in [-0.2, -0.15) is 0 Å². The van der Waals surface area contributed by atoms with Gasteiger partial charge in [-0.05, 0) is 69.1 Å². The van der Waals surface area contributed by atoms with Gasteiger partial charge in [0.15, 0.2) is 12.2 Å². The predicted molar refractivity (Wildman–Crippen MR) is 418 cm³/mol. The second kappa shape index (κ2) is 72.7. The van der Waals surface area contributed by atoms with Crippen molar-refractivity contribution in [3.05, 3.63) is 24.3 Å². The fraction of sp³-hybridized carbons (Fsp3) is 0.904. The van der Waals surface area contributed by atoms with Crippen LogP contribution in [0.25, 0.3) is 0 Å². The van der Waals surface area contributed by atoms with E-state index in [1.54, 1.807) is 0 Å². The van der Waals surface area contributed by atoms with Crippen molar-refractivity contribution in [3.63, 3.8) is 0 Å². The van der Waals surface area contributed by atoms with Gasteiger partial charge in [0.05, 0.1) is 26.4 Å². The van der Waals surface area contributed by atoms with E-state index >= 15 is 0 Å². The summed E-state index contributed by atoms with van der Waals surface area (Å²) in [5, 5.41) is 10.6. The second-order valence-corrected chi connectivity index (χ2v) is 33.0. The zero-order chi connectivity index (χ0) is 75.1. The van der Waals surface area contributed by atoms with Gasteiger partial charge in [-0.1, -0.05) is 355 Å². The molecule has 102 heavy (non-hydrogen) atoms. The van der Waals surface area contributed by atoms with Crippen LogP contribution in [-0.2, 0) is 65.4 Å². The number of rotatable bonds is 79. The summed E-state index contributed by atoms with van der Waals surface area (Å²) in [6.45, 7) is 11.9. The van der Waals surface area contributed by atoms with Crippen molar-refractivity contribution in [2.45, 2.75) is 426 Å². The fourth-order valence-electron chi connectivity index (χ4n) is 12.2. The van der Waals surface area contributed by atoms with Gasteiger partial charge in [-0.3, -0.25) is 37.3 Å². The van der Waals surface area contributed by atoms with Crippen molar-refractivity contribution in [2.75, 3.05) is 39.6 Å². The maximum atomic E-state index is 13.1. The monoisotopic (exact) mass is 1490 g/mol. The van der Waals surface area contributed by atoms with Crippen molar-refractivity contribution in [2.24, 2.45) is 17.8 Å². The van der Waals surface area contributed by atoms with Crippen molar-refractivity contribution in [3.8, 4) is 0 Å². The average Bonchev–Trinajstić information content (AvgIpc) is 0.919. The summed E-state index contributed by atoms with van der Waals surface area (Å²) in [6.07, 6.45) is 64.6. The molecule has 0 aliphatic carbocycles. The molecule has 0 spiro atoms. The van der Waals surface area contributed by atoms with Crippen LogP contribution < -0.4 is 0 Å². The Morgan fingerprint density at radius 2 is 0.578 bits per heavy atom. The van der Waals surface area contributed by atoms with Gasteiger partial charge < -0.3 is 33.8 Å². The van der Waals surface area contributed by atoms with Crippen LogP contribution >= 0.6 is 15.6 Å². The number of ether oxygens (including phenoxy) is 4. The summed E-state index contributed by atoms with van der Waals surface area (Å²) in [5.41, 5.74) is 0. The molecule has 0 saturated carbocycles. The van der Waals surface area contributed by atoms with Gasteiger partial charge in [0.1, 0.15) is 19.3 Å². The summed E-state index contributed by atoms with van der Waals surface area (Å²) in [7, 11) is -9.94. The molecule has 0 aromatic rings. The summed E-state index contributed by atoms with van der Waals surface area (Å²) >= 11 is 0. The lowest BCUT2D eigenvalue weighted by atomic mass is 9.99. The molecule has 0 fully saturated rings. The smallest absolute Gasteiger partial charge is 0.462 e. The Labute approximate surface area is 624 Å². The van der Waals surface area contributed by atoms with E-state index in [1.165, 1.54) is 199 Å². The Kier molecular flexibility index (Phi) is 71.0. The van der Waals surface area contributed by atoms with E-state index in [4.69, 9.17) is 37.0 Å². The number of aliphatic hydroxyl groups excluding tert-OH is 1. The number of esters is 4. The number of phosphoric ester groups is 2. The fourth-order valence-corrected chi connectivity index (χ4v) is 13.8. The van der Waals surface area contributed by atoms with Gasteiger partial charge in [0, 0.05) is 25.7 Å². The van der Waals surface area contributed by atoms with Crippen LogP contribution in [0.2, 0.25) is 0 Å². The number of carbonyl (C=O) groups excluding carboxylic acids is 4. The minimum Gasteiger partial charge on any atom is -0.462 e. The zero-order valence-corrected chi connectivity index (χ0v) is 68.4. The van der Waals surface area contributed by atoms with Gasteiger partial charge in [-0.25, -0.2) is 9.13 Å². The lowest BCUT2D eigenvalue weighted by Gasteiger charge is -2.21. The van der Waals surface area contributed by atoms with E-state index in [2.05, 4.69) is 72.8 Å². The van der Waals surface area contributed by atoms with Crippen LogP contribution in [0, 0.1) is 17.8 Å². The van der Waals surface area contributed by atoms with E-state index < -0.39 is 97.5 Å². The maximum Gasteiger partial charge on any atom is 0.472 e. The molecule has 0 bridgehead atoms. The Morgan fingerprint density at radius 3 is 0.873 bits per heavy atom. The highest BCUT2D eigenvalue weighted by Crippen LogP contribution is 2.45. The molecule has 0 aliphatic heterocycles. The molecule has 7 atom stereocenters. The number of unbranched alkanes of at least 4 members (excludes halogenated alkanes) is 42. The molecule has 0 aliphatic rings. The van der Waals surface area contributed by atoms with Crippen molar-refractivity contribution < 1.29 is 80.2 Å². The van der Waals surface area contributed by atoms with Gasteiger partial charge in [0.25, 0.3) is 0 Å². The summed E-state index contributed by atoms with van der Waals surface area (Å²) in [4.78, 5) is 73.1. The number of phosphoric acid groups is 2. The third-order valence-corrected chi connectivity index (χ3v) is 21.4. The first-order valence-electron chi connectivity index (χ1n) is 42.2. The molecule has 4 unspecified atom stereocenters. The molecule has 0 aromatic heterocycles. The van der Waals surface area contributed by atoms with Crippen molar-refractivity contribution in [1.29, 1.82) is 0 Å². The highest BCUT2D eigenvalue weighted by atomic mass is 31.2. The highest BCUT2D eigenvalue weighted by molar-refractivity contribution is 7.47. The van der Waals surface area contributed by atoms with E-state index in [0.717, 1.165) is 127 Å². The third kappa shape index (κ3) is 73.1. The van der Waals surface area contributed by atoms with Gasteiger partial charge in [-0.15, -0.1) is 0 Å². The molecular weight excluding hydrogens is 1330 g/mol. The van der Waals surface area contributed by atoms with Crippen molar-refractivity contribution in [1.82, 2.24) is 0 Å². The molecule has 17 nitrogen and oxygen atoms in total. The van der Waals surface area contributed by atoms with Crippen LogP contribution in [0.4, 0.5) is 0 Å². The summed E-state index contributed by atoms with van der Waals surface area (Å²) in [5.74, 6) is 0.244. The Bertz CT molecular complexity index is 2070. The summed E-state index contributed by atoms with van der Waals surface area (Å²) < 4.78 is 68.7. The number of carbonyl (C=O) groups is 4. The molecule has 19 heteroatoms. The maximum absolute atomic E-state index is 13.1. The molecule has 0 radical (unpaired) electrons. The van der Waals surface area contributed by atoms with E-state index in [1.807, 2.05) is 0 Å². The minimum absolute atomic E-state index is 0.0852. The number of hydrogen-bond acceptors (Lipinski definition) is 15. The normalized spacial score (nSPS) is 14.6. The Morgan fingerprint density at radius 1 is 0.324 bits per heavy atom. The van der Waals surface area contributed by atoms with E-state index in [0.29, 0.717) is 25.7 Å². The minimum atomic E-state index is -4.97. The highest BCUT2D eigenvalue weighted by Gasteiger charge is 2.30. The third-order valence-electron chi connectivity index (χ3n) is 19.5. The first kappa shape index (κ1) is 99.5. The van der Waals surface area contributed by atoms with Crippen LogP contribution in [0.1, 0.15) is 408 Å². The quantitative estimate of drug-likeness (QED) is 0.0169. The molecule has 0 aromatic carbocycles. The number of allylic oxidation sites excluding steroid dienone is 4. The first-order valence-corrected chi connectivity index (χ1v) is 45.2. The van der Waals surface area contributed by atoms with Crippen LogP contribution in [0.5, 0.6) is 0 Å². The average molecular weight is 1490 g/mol. The lowest BCUT2D eigenvalue weighted by molar-refractivity contribution is -0.161. The summed E-state index contributed by atoms with van der Waals surface area (Å²) in [6, 6.07) is 0. The Hall–Kier alpha value is -2.46. The first-order chi connectivity index (χ1) is 49.3. The topological polar surface area (TPSA) is 237 Å². The predicted octanol–water partition coefficient (Wildman–Crippen LogP) is 24.5. The van der Waals surface area contributed by atoms with Crippen LogP contribution in [0.3, 0.4) is 0 Å². The molecular formula is C83H158O17P2. The molecule has 0 heterocycles. The number of aliphatic hydroxyl groups is 1. The molecule has 0 rings (SSSR count). The molecule has 0 amide bonds. The molecule has 602 valence electrons. The largest absolute Gasteiger partial charge is 0.472 e. The number of hydrogen-bond donors (Lipinski definition) is 3. The van der Waals surface area contributed by atoms with Crippen LogP contribution in [0.15, 0.2) is 24.3 Å². The molecule has 3 N–H and O–H groups in total. The lowest BCUT2D eigenvalue weighted by Crippen LogP contribution is -2.30. The standard InChI is InChI=1S/C83H158O17P2/c1-8-11-12-13-14-15-16-17-20-28-33-38-43-52-59-66-82(87)99-78(70-93-80(85)64-57-50-42-37-32-27-22-19-18-21-25-30-35-40-47-54-61-74(4)5)72-97-101(89,90)95-68-77(84)69-96-102(91,92)98-73-79(71-94-81(86)65-58-51-46-45-49-56-63-76(7)10-3)100-83(88)67-60-53-44-39-34-29-24-23-26-31-36-41-48-55-62-75(6)9-2/h15-17,20,74-79,84H,8-14,18-19,21-73H2,1-7H3,(H,89,90)(H,91,92)/b16-15-,20-17-/t75?,76?,77-,78-,79-/m1/s1. The van der Waals surface area contributed by atoms with Gasteiger partial charge >= 0.3 is 39.5 Å². The SMILES string of the molecule is CCCCCC/C=C\C=C/CCCCCCCC(=O)O[C@H](COC(=O)CCCCCCCCCCCCCCCCCCC(C)C)COP(=O)(O)OC[C@@H](O)COP(=O)(O)OC[C@@H](COC(=O)CCCCCCCCC(C)CC)OC(=O)CCCCCCCCCCCCCCCCC(C)CC. The Balaban J connectivity index is 5.26. The zero-order valence-electron chi connectivity index (χ0n) is 66.6. The van der Waals surface area contributed by atoms with E-state index in [-0.39, 0.29) is 25.7 Å². The van der Waals surface area contributed by atoms with Crippen molar-refractivity contribution >= 4 is 39.5 Å². The molecule has 0 saturated heterocycles. The van der Waals surface area contributed by atoms with E-state index in [9.17, 15) is 43.2 Å². The van der Waals surface area contributed by atoms with Gasteiger partial charge in [0.2, 0.25) is 0 Å².